The molecule has 1 heterocycles. The van der Waals surface area contributed by atoms with Gasteiger partial charge in [-0.1, -0.05) is 18.9 Å². The van der Waals surface area contributed by atoms with Crippen LogP contribution in [0.5, 0.6) is 0 Å². The third-order valence-electron chi connectivity index (χ3n) is 2.54. The Bertz CT molecular complexity index is 669. The van der Waals surface area contributed by atoms with Gasteiger partial charge in [0.2, 0.25) is 0 Å². The van der Waals surface area contributed by atoms with Gasteiger partial charge >= 0.3 is 0 Å². The molecule has 0 aliphatic rings. The number of nitrogens with one attached hydrogen (secondary N) is 2. The molecule has 0 saturated carbocycles. The maximum atomic E-state index is 12.8. The minimum Gasteiger partial charge on any atom is -0.299 e. The summed E-state index contributed by atoms with van der Waals surface area (Å²) in [6.07, 6.45) is 0. The molecule has 7 nitrogen and oxygen atoms in total. The summed E-state index contributed by atoms with van der Waals surface area (Å²) in [7, 11) is 0. The molecule has 1 amide bonds. The van der Waals surface area contributed by atoms with Crippen molar-refractivity contribution in [1.29, 1.82) is 0 Å². The molecule has 2 N–H and O–H groups in total. The van der Waals surface area contributed by atoms with Crippen LogP contribution in [0, 0.1) is 11.7 Å². The molecule has 22 heavy (non-hydrogen) atoms. The zero-order valence-corrected chi connectivity index (χ0v) is 12.9. The first kappa shape index (κ1) is 16.0. The molecule has 116 valence electrons. The highest BCUT2D eigenvalue weighted by molar-refractivity contribution is 7.80. The van der Waals surface area contributed by atoms with Crippen LogP contribution >= 0.6 is 12.2 Å². The van der Waals surface area contributed by atoms with Crippen LogP contribution in [0.15, 0.2) is 24.3 Å². The van der Waals surface area contributed by atoms with Crippen molar-refractivity contribution in [3.63, 3.8) is 0 Å². The number of nitrogens with zero attached hydrogens (tertiary/aromatic N) is 4. The lowest BCUT2D eigenvalue weighted by Crippen LogP contribution is -2.34. The van der Waals surface area contributed by atoms with E-state index < -0.39 is 11.7 Å². The number of carbonyl (C=O) groups is 1. The number of tetrazole rings is 1. The summed E-state index contributed by atoms with van der Waals surface area (Å²) in [5, 5.41) is 16.9. The molecule has 0 unspecified atom stereocenters. The largest absolute Gasteiger partial charge is 0.299 e. The Morgan fingerprint density at radius 2 is 2.05 bits per heavy atom. The summed E-state index contributed by atoms with van der Waals surface area (Å²) in [6.45, 7) is 4.69. The Morgan fingerprint density at radius 3 is 2.68 bits per heavy atom. The average Bonchev–Trinajstić information content (AvgIpc) is 2.85. The highest BCUT2D eigenvalue weighted by atomic mass is 32.1. The van der Waals surface area contributed by atoms with Crippen LogP contribution in [0.4, 0.5) is 10.3 Å². The minimum atomic E-state index is -0.452. The quantitative estimate of drug-likeness (QED) is 0.832. The van der Waals surface area contributed by atoms with Crippen molar-refractivity contribution in [2.75, 3.05) is 5.32 Å². The fourth-order valence-electron chi connectivity index (χ4n) is 1.61. The van der Waals surface area contributed by atoms with Gasteiger partial charge in [0.05, 0.1) is 6.54 Å². The molecule has 0 aliphatic carbocycles. The van der Waals surface area contributed by atoms with E-state index in [1.165, 1.54) is 29.1 Å². The standard InChI is InChI=1S/C13H15FN6OS/c1-8(2)7-20-18-12(17-19-20)16-13(22)15-11(21)9-3-5-10(14)6-4-9/h3-6,8H,7H2,1-2H3,(H2,15,16,18,21,22). The van der Waals surface area contributed by atoms with Gasteiger partial charge in [-0.3, -0.25) is 15.4 Å². The third kappa shape index (κ3) is 4.55. The number of amides is 1. The van der Waals surface area contributed by atoms with E-state index in [4.69, 9.17) is 12.2 Å². The minimum absolute atomic E-state index is 0.0402. The third-order valence-corrected chi connectivity index (χ3v) is 2.74. The van der Waals surface area contributed by atoms with E-state index in [9.17, 15) is 9.18 Å². The van der Waals surface area contributed by atoms with E-state index in [1.807, 2.05) is 13.8 Å². The molecule has 1 aromatic carbocycles. The summed E-state index contributed by atoms with van der Waals surface area (Å²) in [5.41, 5.74) is 0.293. The van der Waals surface area contributed by atoms with Crippen molar-refractivity contribution >= 4 is 29.2 Å². The molecule has 2 aromatic rings. The Hall–Kier alpha value is -2.42. The predicted molar refractivity (Wildman–Crippen MR) is 82.7 cm³/mol. The monoisotopic (exact) mass is 322 g/mol. The van der Waals surface area contributed by atoms with E-state index in [1.54, 1.807) is 0 Å². The van der Waals surface area contributed by atoms with Gasteiger partial charge in [-0.05, 0) is 47.6 Å². The van der Waals surface area contributed by atoms with Crippen molar-refractivity contribution < 1.29 is 9.18 Å². The molecule has 1 aromatic heterocycles. The summed E-state index contributed by atoms with van der Waals surface area (Å²) in [5.74, 6) is -0.285. The van der Waals surface area contributed by atoms with Gasteiger partial charge in [-0.2, -0.15) is 4.80 Å². The van der Waals surface area contributed by atoms with Crippen LogP contribution in [0.2, 0.25) is 0 Å². The van der Waals surface area contributed by atoms with Crippen molar-refractivity contribution in [1.82, 2.24) is 25.5 Å². The molecule has 0 spiro atoms. The fraction of sp³-hybridized carbons (Fsp3) is 0.308. The molecular formula is C13H15FN6OS. The van der Waals surface area contributed by atoms with E-state index in [-0.39, 0.29) is 11.1 Å². The SMILES string of the molecule is CC(C)Cn1nnc(NC(=S)NC(=O)c2ccc(F)cc2)n1. The lowest BCUT2D eigenvalue weighted by atomic mass is 10.2. The van der Waals surface area contributed by atoms with Gasteiger partial charge in [0.25, 0.3) is 11.9 Å². The van der Waals surface area contributed by atoms with Crippen LogP contribution in [0.25, 0.3) is 0 Å². The normalized spacial score (nSPS) is 10.5. The smallest absolute Gasteiger partial charge is 0.269 e. The molecule has 0 saturated heterocycles. The first-order valence-corrected chi connectivity index (χ1v) is 7.00. The second-order valence-corrected chi connectivity index (χ2v) is 5.39. The number of benzene rings is 1. The van der Waals surface area contributed by atoms with E-state index in [0.717, 1.165) is 0 Å². The van der Waals surface area contributed by atoms with E-state index in [2.05, 4.69) is 26.0 Å². The predicted octanol–water partition coefficient (Wildman–Crippen LogP) is 1.59. The van der Waals surface area contributed by atoms with Crippen molar-refractivity contribution in [2.45, 2.75) is 20.4 Å². The molecule has 0 atom stereocenters. The Morgan fingerprint density at radius 1 is 1.36 bits per heavy atom. The number of aromatic nitrogens is 4. The van der Waals surface area contributed by atoms with Crippen molar-refractivity contribution in [3.8, 4) is 0 Å². The lowest BCUT2D eigenvalue weighted by Gasteiger charge is -2.06. The van der Waals surface area contributed by atoms with E-state index >= 15 is 0 Å². The molecule has 0 fully saturated rings. The van der Waals surface area contributed by atoms with Gasteiger partial charge in [-0.15, -0.1) is 5.10 Å². The first-order chi connectivity index (χ1) is 10.4. The summed E-state index contributed by atoms with van der Waals surface area (Å²) < 4.78 is 12.8. The van der Waals surface area contributed by atoms with Crippen LogP contribution in [0.3, 0.4) is 0 Å². The van der Waals surface area contributed by atoms with Gasteiger partial charge < -0.3 is 0 Å². The fourth-order valence-corrected chi connectivity index (χ4v) is 1.79. The van der Waals surface area contributed by atoms with Gasteiger partial charge in [0, 0.05) is 5.56 Å². The number of halogens is 1. The molecule has 9 heteroatoms. The second kappa shape index (κ2) is 7.03. The van der Waals surface area contributed by atoms with Crippen molar-refractivity contribution in [2.24, 2.45) is 5.92 Å². The number of anilines is 1. The Balaban J connectivity index is 1.91. The topological polar surface area (TPSA) is 84.7 Å². The van der Waals surface area contributed by atoms with Crippen LogP contribution in [0.1, 0.15) is 24.2 Å². The van der Waals surface area contributed by atoms with E-state index in [0.29, 0.717) is 18.0 Å². The lowest BCUT2D eigenvalue weighted by molar-refractivity contribution is 0.0977. The molecule has 0 bridgehead atoms. The second-order valence-electron chi connectivity index (χ2n) is 4.98. The highest BCUT2D eigenvalue weighted by Gasteiger charge is 2.10. The van der Waals surface area contributed by atoms with Gasteiger partial charge in [0.1, 0.15) is 5.82 Å². The molecule has 0 radical (unpaired) electrons. The summed E-state index contributed by atoms with van der Waals surface area (Å²) in [6, 6.07) is 5.13. The number of hydrogen-bond donors (Lipinski definition) is 2. The average molecular weight is 322 g/mol. The molecule has 0 aliphatic heterocycles. The Kier molecular flexibility index (Phi) is 5.10. The van der Waals surface area contributed by atoms with Gasteiger partial charge in [-0.25, -0.2) is 4.39 Å². The number of carbonyl (C=O) groups excluding carboxylic acids is 1. The number of rotatable bonds is 4. The zero-order chi connectivity index (χ0) is 16.1. The first-order valence-electron chi connectivity index (χ1n) is 6.59. The van der Waals surface area contributed by atoms with Crippen LogP contribution in [-0.2, 0) is 6.54 Å². The Labute approximate surface area is 131 Å². The maximum Gasteiger partial charge on any atom is 0.269 e. The van der Waals surface area contributed by atoms with Crippen molar-refractivity contribution in [3.05, 3.63) is 35.6 Å². The van der Waals surface area contributed by atoms with Crippen LogP contribution < -0.4 is 10.6 Å². The van der Waals surface area contributed by atoms with Gasteiger partial charge in [0.15, 0.2) is 5.11 Å². The summed E-state index contributed by atoms with van der Waals surface area (Å²) in [4.78, 5) is 13.3. The summed E-state index contributed by atoms with van der Waals surface area (Å²) >= 11 is 5.00. The number of hydrogen-bond acceptors (Lipinski definition) is 5. The van der Waals surface area contributed by atoms with Crippen LogP contribution in [-0.4, -0.2) is 31.2 Å². The zero-order valence-electron chi connectivity index (χ0n) is 12.1. The molecule has 2 rings (SSSR count). The molecular weight excluding hydrogens is 307 g/mol. The number of thiocarbonyl (C=S) groups is 1. The highest BCUT2D eigenvalue weighted by Crippen LogP contribution is 2.03. The maximum absolute atomic E-state index is 12.8.